The Kier molecular flexibility index (Phi) is 4.37. The first-order valence-electron chi connectivity index (χ1n) is 6.37. The third kappa shape index (κ3) is 3.46. The summed E-state index contributed by atoms with van der Waals surface area (Å²) in [6, 6.07) is 13.5. The van der Waals surface area contributed by atoms with Crippen molar-refractivity contribution in [1.82, 2.24) is 0 Å². The lowest BCUT2D eigenvalue weighted by Gasteiger charge is -2.19. The Balaban J connectivity index is 2.40. The van der Waals surface area contributed by atoms with Crippen LogP contribution in [0.15, 0.2) is 53.4 Å². The van der Waals surface area contributed by atoms with Crippen LogP contribution in [0.2, 0.25) is 0 Å². The highest BCUT2D eigenvalue weighted by Crippen LogP contribution is 2.30. The van der Waals surface area contributed by atoms with E-state index in [-0.39, 0.29) is 4.90 Å². The molecule has 1 N–H and O–H groups in total. The van der Waals surface area contributed by atoms with Crippen molar-refractivity contribution >= 4 is 21.4 Å². The number of hydrogen-bond donors (Lipinski definition) is 1. The number of methoxy groups -OCH3 is 1. The molecule has 2 aromatic rings. The van der Waals surface area contributed by atoms with Crippen molar-refractivity contribution in [2.24, 2.45) is 0 Å². The van der Waals surface area contributed by atoms with E-state index in [0.717, 1.165) is 5.69 Å². The van der Waals surface area contributed by atoms with Crippen LogP contribution in [-0.2, 0) is 10.0 Å². The molecule has 0 aromatic heterocycles. The van der Waals surface area contributed by atoms with Crippen LogP contribution < -0.4 is 14.4 Å². The predicted molar refractivity (Wildman–Crippen MR) is 84.6 cm³/mol. The molecule has 0 saturated heterocycles. The number of sulfonamides is 1. The van der Waals surface area contributed by atoms with Crippen LogP contribution in [-0.4, -0.2) is 29.6 Å². The molecule has 2 aromatic carbocycles. The lowest BCUT2D eigenvalue weighted by molar-refractivity contribution is 0.415. The second kappa shape index (κ2) is 6.05. The van der Waals surface area contributed by atoms with Gasteiger partial charge in [-0.3, -0.25) is 4.72 Å². The Labute approximate surface area is 125 Å². The van der Waals surface area contributed by atoms with Crippen LogP contribution in [0.1, 0.15) is 0 Å². The SMILES string of the molecule is COc1ccc(NS(=O)(=O)c2ccccc2)c(N(C)C)c1. The summed E-state index contributed by atoms with van der Waals surface area (Å²) in [6.45, 7) is 0. The fourth-order valence-corrected chi connectivity index (χ4v) is 2.99. The summed E-state index contributed by atoms with van der Waals surface area (Å²) < 4.78 is 32.5. The maximum absolute atomic E-state index is 12.4. The van der Waals surface area contributed by atoms with Gasteiger partial charge in [0, 0.05) is 20.2 Å². The molecule has 0 heterocycles. The van der Waals surface area contributed by atoms with Gasteiger partial charge in [-0.2, -0.15) is 0 Å². The molecule has 0 aliphatic rings. The minimum absolute atomic E-state index is 0.227. The van der Waals surface area contributed by atoms with Crippen LogP contribution in [0, 0.1) is 0 Å². The minimum Gasteiger partial charge on any atom is -0.497 e. The average molecular weight is 306 g/mol. The number of ether oxygens (including phenoxy) is 1. The Morgan fingerprint density at radius 1 is 1.05 bits per heavy atom. The fourth-order valence-electron chi connectivity index (χ4n) is 1.90. The van der Waals surface area contributed by atoms with Crippen LogP contribution in [0.25, 0.3) is 0 Å². The molecular weight excluding hydrogens is 288 g/mol. The van der Waals surface area contributed by atoms with Gasteiger partial charge in [0.1, 0.15) is 5.75 Å². The van der Waals surface area contributed by atoms with E-state index in [1.165, 1.54) is 0 Å². The molecule has 2 rings (SSSR count). The van der Waals surface area contributed by atoms with E-state index in [1.54, 1.807) is 55.6 Å². The second-order valence-corrected chi connectivity index (χ2v) is 6.38. The van der Waals surface area contributed by atoms with Gasteiger partial charge in [-0.05, 0) is 24.3 Å². The number of hydrogen-bond acceptors (Lipinski definition) is 4. The van der Waals surface area contributed by atoms with Gasteiger partial charge >= 0.3 is 0 Å². The van der Waals surface area contributed by atoms with Crippen molar-refractivity contribution in [2.75, 3.05) is 30.8 Å². The number of rotatable bonds is 5. The molecule has 0 bridgehead atoms. The Hall–Kier alpha value is -2.21. The molecule has 0 atom stereocenters. The molecule has 0 spiro atoms. The molecular formula is C15H18N2O3S. The van der Waals surface area contributed by atoms with Crippen LogP contribution >= 0.6 is 0 Å². The highest BCUT2D eigenvalue weighted by atomic mass is 32.2. The zero-order chi connectivity index (χ0) is 15.5. The normalized spacial score (nSPS) is 11.0. The van der Waals surface area contributed by atoms with Crippen LogP contribution in [0.5, 0.6) is 5.75 Å². The van der Waals surface area contributed by atoms with Gasteiger partial charge in [0.15, 0.2) is 0 Å². The van der Waals surface area contributed by atoms with Crippen LogP contribution in [0.4, 0.5) is 11.4 Å². The van der Waals surface area contributed by atoms with Gasteiger partial charge < -0.3 is 9.64 Å². The molecule has 0 saturated carbocycles. The Morgan fingerprint density at radius 2 is 1.71 bits per heavy atom. The average Bonchev–Trinajstić information content (AvgIpc) is 2.48. The van der Waals surface area contributed by atoms with Gasteiger partial charge in [0.05, 0.1) is 23.4 Å². The summed E-state index contributed by atoms with van der Waals surface area (Å²) >= 11 is 0. The molecule has 0 aliphatic carbocycles. The maximum atomic E-state index is 12.4. The van der Waals surface area contributed by atoms with Crippen molar-refractivity contribution in [1.29, 1.82) is 0 Å². The fraction of sp³-hybridized carbons (Fsp3) is 0.200. The summed E-state index contributed by atoms with van der Waals surface area (Å²) in [7, 11) is 1.65. The number of benzene rings is 2. The lowest BCUT2D eigenvalue weighted by Crippen LogP contribution is -2.17. The molecule has 5 nitrogen and oxygen atoms in total. The predicted octanol–water partition coefficient (Wildman–Crippen LogP) is 2.56. The standard InChI is InChI=1S/C15H18N2O3S/c1-17(2)15-11-12(20-3)9-10-14(15)16-21(18,19)13-7-5-4-6-8-13/h4-11,16H,1-3H3. The first-order valence-corrected chi connectivity index (χ1v) is 7.85. The zero-order valence-electron chi connectivity index (χ0n) is 12.2. The number of anilines is 2. The summed E-state index contributed by atoms with van der Waals surface area (Å²) in [4.78, 5) is 2.05. The Morgan fingerprint density at radius 3 is 2.29 bits per heavy atom. The molecule has 0 fully saturated rings. The minimum atomic E-state index is -3.61. The van der Waals surface area contributed by atoms with E-state index in [4.69, 9.17) is 4.74 Å². The molecule has 0 amide bonds. The summed E-state index contributed by atoms with van der Waals surface area (Å²) in [5.41, 5.74) is 1.23. The number of nitrogens with one attached hydrogen (secondary N) is 1. The van der Waals surface area contributed by atoms with Gasteiger partial charge in [-0.1, -0.05) is 18.2 Å². The Bertz CT molecular complexity index is 713. The van der Waals surface area contributed by atoms with E-state index in [0.29, 0.717) is 11.4 Å². The first kappa shape index (κ1) is 15.2. The first-order chi connectivity index (χ1) is 9.94. The summed E-state index contributed by atoms with van der Waals surface area (Å²) in [5, 5.41) is 0. The van der Waals surface area contributed by atoms with E-state index in [1.807, 2.05) is 19.0 Å². The lowest BCUT2D eigenvalue weighted by atomic mass is 10.2. The summed E-state index contributed by atoms with van der Waals surface area (Å²) in [6.07, 6.45) is 0. The van der Waals surface area contributed by atoms with Crippen molar-refractivity contribution < 1.29 is 13.2 Å². The number of nitrogens with zero attached hydrogens (tertiary/aromatic N) is 1. The quantitative estimate of drug-likeness (QED) is 0.922. The van der Waals surface area contributed by atoms with E-state index in [2.05, 4.69) is 4.72 Å². The highest BCUT2D eigenvalue weighted by molar-refractivity contribution is 7.92. The monoisotopic (exact) mass is 306 g/mol. The molecule has 0 radical (unpaired) electrons. The van der Waals surface area contributed by atoms with Gasteiger partial charge in [-0.15, -0.1) is 0 Å². The van der Waals surface area contributed by atoms with Crippen molar-refractivity contribution in [3.63, 3.8) is 0 Å². The smallest absolute Gasteiger partial charge is 0.261 e. The topological polar surface area (TPSA) is 58.6 Å². The van der Waals surface area contributed by atoms with E-state index < -0.39 is 10.0 Å². The molecule has 112 valence electrons. The molecule has 6 heteroatoms. The van der Waals surface area contributed by atoms with Gasteiger partial charge in [-0.25, -0.2) is 8.42 Å². The maximum Gasteiger partial charge on any atom is 0.261 e. The van der Waals surface area contributed by atoms with Gasteiger partial charge in [0.25, 0.3) is 10.0 Å². The van der Waals surface area contributed by atoms with E-state index >= 15 is 0 Å². The van der Waals surface area contributed by atoms with E-state index in [9.17, 15) is 8.42 Å². The zero-order valence-corrected chi connectivity index (χ0v) is 13.0. The van der Waals surface area contributed by atoms with Crippen molar-refractivity contribution in [3.05, 3.63) is 48.5 Å². The molecule has 21 heavy (non-hydrogen) atoms. The molecule has 0 aliphatic heterocycles. The second-order valence-electron chi connectivity index (χ2n) is 4.70. The molecule has 0 unspecified atom stereocenters. The summed E-state index contributed by atoms with van der Waals surface area (Å²) in [5.74, 6) is 0.668. The van der Waals surface area contributed by atoms with Crippen LogP contribution in [0.3, 0.4) is 0 Å². The largest absolute Gasteiger partial charge is 0.497 e. The van der Waals surface area contributed by atoms with Gasteiger partial charge in [0.2, 0.25) is 0 Å². The van der Waals surface area contributed by atoms with Crippen molar-refractivity contribution in [2.45, 2.75) is 4.90 Å². The third-order valence-electron chi connectivity index (χ3n) is 2.98. The highest BCUT2D eigenvalue weighted by Gasteiger charge is 2.16. The third-order valence-corrected chi connectivity index (χ3v) is 4.37. The van der Waals surface area contributed by atoms with Crippen molar-refractivity contribution in [3.8, 4) is 5.75 Å².